The molecule has 0 aliphatic carbocycles. The fourth-order valence-electron chi connectivity index (χ4n) is 3.34. The van der Waals surface area contributed by atoms with E-state index in [0.29, 0.717) is 12.8 Å². The zero-order valence-corrected chi connectivity index (χ0v) is 15.8. The predicted molar refractivity (Wildman–Crippen MR) is 104 cm³/mol. The summed E-state index contributed by atoms with van der Waals surface area (Å²) < 4.78 is 3.11. The molecular formula is C20H17BrN4O. The van der Waals surface area contributed by atoms with Crippen molar-refractivity contribution in [1.82, 2.24) is 14.5 Å². The number of aldehydes is 1. The zero-order valence-electron chi connectivity index (χ0n) is 14.3. The third-order valence-corrected chi connectivity index (χ3v) is 5.01. The number of aliphatic imine (C=N–C) groups is 1. The van der Waals surface area contributed by atoms with Gasteiger partial charge < -0.3 is 4.79 Å². The first-order chi connectivity index (χ1) is 12.7. The van der Waals surface area contributed by atoms with E-state index in [1.54, 1.807) is 6.20 Å². The molecule has 5 nitrogen and oxygen atoms in total. The van der Waals surface area contributed by atoms with Crippen LogP contribution in [0.5, 0.6) is 0 Å². The summed E-state index contributed by atoms with van der Waals surface area (Å²) in [6.07, 6.45) is 5.67. The van der Waals surface area contributed by atoms with Crippen LogP contribution >= 0.6 is 15.9 Å². The molecule has 0 amide bonds. The van der Waals surface area contributed by atoms with Crippen molar-refractivity contribution in [2.45, 2.75) is 25.8 Å². The third-order valence-electron chi connectivity index (χ3n) is 4.51. The van der Waals surface area contributed by atoms with Crippen LogP contribution in [0.4, 0.5) is 0 Å². The van der Waals surface area contributed by atoms with E-state index in [1.165, 1.54) is 0 Å². The molecule has 1 aromatic carbocycles. The molecule has 3 heterocycles. The number of aryl methyl sites for hydroxylation is 1. The fourth-order valence-corrected chi connectivity index (χ4v) is 3.70. The molecule has 3 aromatic rings. The molecule has 26 heavy (non-hydrogen) atoms. The summed E-state index contributed by atoms with van der Waals surface area (Å²) in [6.45, 7) is 1.98. The van der Waals surface area contributed by atoms with Crippen LogP contribution in [0, 0.1) is 6.92 Å². The number of rotatable bonds is 4. The van der Waals surface area contributed by atoms with Crippen LogP contribution in [0.25, 0.3) is 5.69 Å². The molecule has 2 aromatic heterocycles. The molecule has 1 aliphatic rings. The lowest BCUT2D eigenvalue weighted by Crippen LogP contribution is -2.09. The minimum Gasteiger partial charge on any atom is -0.303 e. The molecule has 130 valence electrons. The van der Waals surface area contributed by atoms with Crippen LogP contribution in [-0.2, 0) is 4.79 Å². The second-order valence-corrected chi connectivity index (χ2v) is 7.10. The number of benzene rings is 1. The Labute approximate surface area is 160 Å². The molecule has 0 bridgehead atoms. The van der Waals surface area contributed by atoms with Gasteiger partial charge in [0.25, 0.3) is 0 Å². The van der Waals surface area contributed by atoms with Crippen molar-refractivity contribution in [2.75, 3.05) is 0 Å². The molecular weight excluding hydrogens is 392 g/mol. The smallest absolute Gasteiger partial charge is 0.120 e. The SMILES string of the molecule is Cc1ncc2n1-c1ccc(Br)cc1C(c1ccccn1)=N[C@H]2CCC=O. The first kappa shape index (κ1) is 16.8. The lowest BCUT2D eigenvalue weighted by Gasteiger charge is -2.14. The number of fused-ring (bicyclic) bond motifs is 3. The number of halogens is 1. The Balaban J connectivity index is 2.00. The number of hydrogen-bond acceptors (Lipinski definition) is 4. The summed E-state index contributed by atoms with van der Waals surface area (Å²) in [5.41, 5.74) is 4.67. The van der Waals surface area contributed by atoms with E-state index in [9.17, 15) is 4.79 Å². The van der Waals surface area contributed by atoms with Gasteiger partial charge in [-0.25, -0.2) is 4.98 Å². The van der Waals surface area contributed by atoms with E-state index in [2.05, 4.69) is 42.6 Å². The van der Waals surface area contributed by atoms with Crippen LogP contribution < -0.4 is 0 Å². The van der Waals surface area contributed by atoms with Gasteiger partial charge in [0.1, 0.15) is 12.1 Å². The number of nitrogens with zero attached hydrogens (tertiary/aromatic N) is 4. The van der Waals surface area contributed by atoms with E-state index in [4.69, 9.17) is 4.99 Å². The van der Waals surface area contributed by atoms with Gasteiger partial charge >= 0.3 is 0 Å². The van der Waals surface area contributed by atoms with Crippen molar-refractivity contribution in [1.29, 1.82) is 0 Å². The second kappa shape index (κ2) is 6.96. The number of hydrogen-bond donors (Lipinski definition) is 0. The highest BCUT2D eigenvalue weighted by molar-refractivity contribution is 9.10. The molecule has 6 heteroatoms. The van der Waals surface area contributed by atoms with Crippen molar-refractivity contribution >= 4 is 27.9 Å². The number of pyridine rings is 1. The largest absolute Gasteiger partial charge is 0.303 e. The third kappa shape index (κ3) is 2.90. The molecule has 0 unspecified atom stereocenters. The number of carbonyl (C=O) groups excluding carboxylic acids is 1. The van der Waals surface area contributed by atoms with Gasteiger partial charge in [0.05, 0.1) is 35.0 Å². The van der Waals surface area contributed by atoms with Crippen LogP contribution in [-0.4, -0.2) is 26.5 Å². The summed E-state index contributed by atoms with van der Waals surface area (Å²) in [5.74, 6) is 0.900. The van der Waals surface area contributed by atoms with Gasteiger partial charge in [-0.2, -0.15) is 0 Å². The first-order valence-corrected chi connectivity index (χ1v) is 9.25. The second-order valence-electron chi connectivity index (χ2n) is 6.18. The summed E-state index contributed by atoms with van der Waals surface area (Å²) >= 11 is 3.58. The Bertz CT molecular complexity index is 994. The molecule has 0 radical (unpaired) electrons. The minimum absolute atomic E-state index is 0.149. The molecule has 4 rings (SSSR count). The molecule has 0 saturated heterocycles. The molecule has 0 N–H and O–H groups in total. The van der Waals surface area contributed by atoms with Gasteiger partial charge in [0, 0.05) is 22.7 Å². The average Bonchev–Trinajstić information content (AvgIpc) is 2.97. The summed E-state index contributed by atoms with van der Waals surface area (Å²) in [6, 6.07) is 11.8. The lowest BCUT2D eigenvalue weighted by atomic mass is 10.0. The van der Waals surface area contributed by atoms with Gasteiger partial charge in [-0.3, -0.25) is 14.5 Å². The van der Waals surface area contributed by atoms with Crippen molar-refractivity contribution in [3.05, 3.63) is 76.0 Å². The van der Waals surface area contributed by atoms with E-state index in [0.717, 1.165) is 44.9 Å². The van der Waals surface area contributed by atoms with Gasteiger partial charge in [0.2, 0.25) is 0 Å². The fraction of sp³-hybridized carbons (Fsp3) is 0.200. The van der Waals surface area contributed by atoms with E-state index < -0.39 is 0 Å². The Morgan fingerprint density at radius 3 is 2.88 bits per heavy atom. The van der Waals surface area contributed by atoms with Crippen molar-refractivity contribution in [3.63, 3.8) is 0 Å². The summed E-state index contributed by atoms with van der Waals surface area (Å²) in [7, 11) is 0. The van der Waals surface area contributed by atoms with Crippen molar-refractivity contribution in [2.24, 2.45) is 4.99 Å². The monoisotopic (exact) mass is 408 g/mol. The van der Waals surface area contributed by atoms with E-state index in [-0.39, 0.29) is 6.04 Å². The van der Waals surface area contributed by atoms with E-state index in [1.807, 2.05) is 37.4 Å². The van der Waals surface area contributed by atoms with Crippen LogP contribution in [0.2, 0.25) is 0 Å². The molecule has 0 saturated carbocycles. The van der Waals surface area contributed by atoms with Gasteiger partial charge in [-0.05, 0) is 43.7 Å². The molecule has 1 aliphatic heterocycles. The minimum atomic E-state index is -0.149. The lowest BCUT2D eigenvalue weighted by molar-refractivity contribution is -0.108. The highest BCUT2D eigenvalue weighted by atomic mass is 79.9. The number of imidazole rings is 1. The zero-order chi connectivity index (χ0) is 18.1. The van der Waals surface area contributed by atoms with Gasteiger partial charge in [-0.15, -0.1) is 0 Å². The van der Waals surface area contributed by atoms with Gasteiger partial charge in [-0.1, -0.05) is 22.0 Å². The Kier molecular flexibility index (Phi) is 4.51. The van der Waals surface area contributed by atoms with E-state index >= 15 is 0 Å². The number of carbonyl (C=O) groups is 1. The van der Waals surface area contributed by atoms with Crippen LogP contribution in [0.1, 0.15) is 41.7 Å². The quantitative estimate of drug-likeness (QED) is 0.607. The summed E-state index contributed by atoms with van der Waals surface area (Å²) in [4.78, 5) is 25.0. The average molecular weight is 409 g/mol. The Morgan fingerprint density at radius 1 is 1.23 bits per heavy atom. The molecule has 1 atom stereocenters. The van der Waals surface area contributed by atoms with Crippen molar-refractivity contribution in [3.8, 4) is 5.69 Å². The molecule has 0 spiro atoms. The maximum Gasteiger partial charge on any atom is 0.120 e. The van der Waals surface area contributed by atoms with Crippen LogP contribution in [0.15, 0.2) is 58.3 Å². The highest BCUT2D eigenvalue weighted by Crippen LogP contribution is 2.34. The molecule has 0 fully saturated rings. The van der Waals surface area contributed by atoms with Crippen molar-refractivity contribution < 1.29 is 4.79 Å². The number of aromatic nitrogens is 3. The standard InChI is InChI=1S/C20H17BrN4O/c1-13-23-12-19-16(6-4-10-26)24-20(17-5-2-3-9-22-17)15-11-14(21)7-8-18(15)25(13)19/h2-3,5,7-12,16H,4,6H2,1H3/t16-/m0/s1. The van der Waals surface area contributed by atoms with Gasteiger partial charge in [0.15, 0.2) is 0 Å². The Morgan fingerprint density at radius 2 is 2.12 bits per heavy atom. The maximum absolute atomic E-state index is 11.0. The first-order valence-electron chi connectivity index (χ1n) is 8.46. The highest BCUT2D eigenvalue weighted by Gasteiger charge is 2.26. The Hall–Kier alpha value is -2.60. The van der Waals surface area contributed by atoms with Crippen LogP contribution in [0.3, 0.4) is 0 Å². The predicted octanol–water partition coefficient (Wildman–Crippen LogP) is 4.21. The normalized spacial score (nSPS) is 15.6. The maximum atomic E-state index is 11.0. The topological polar surface area (TPSA) is 60.1 Å². The summed E-state index contributed by atoms with van der Waals surface area (Å²) in [5, 5.41) is 0.